The predicted octanol–water partition coefficient (Wildman–Crippen LogP) is 0.297. The molecule has 16 heavy (non-hydrogen) atoms. The molecule has 2 saturated heterocycles. The number of hydrogen-bond acceptors (Lipinski definition) is 3. The maximum absolute atomic E-state index is 11.0. The number of rotatable bonds is 2. The summed E-state index contributed by atoms with van der Waals surface area (Å²) in [6.45, 7) is 4.52. The lowest BCUT2D eigenvalue weighted by Crippen LogP contribution is -2.50. The second kappa shape index (κ2) is 5.01. The minimum Gasteiger partial charge on any atom is -0.377 e. The monoisotopic (exact) mass is 227 g/mol. The lowest BCUT2D eigenvalue weighted by atomic mass is 10.0. The molecule has 5 nitrogen and oxygen atoms in total. The maximum Gasteiger partial charge on any atom is 0.314 e. The Labute approximate surface area is 96.3 Å². The molecule has 2 unspecified atom stereocenters. The largest absolute Gasteiger partial charge is 0.377 e. The summed E-state index contributed by atoms with van der Waals surface area (Å²) in [5.74, 6) is 0. The zero-order valence-electron chi connectivity index (χ0n) is 9.82. The standard InChI is InChI=1S/C11H21N3O2/c1-8-10(4-7-16-8)13-9-2-5-14(6-3-9)11(12)15/h8-10,13H,2-7H2,1H3,(H2,12,15). The highest BCUT2D eigenvalue weighted by Crippen LogP contribution is 2.17. The van der Waals surface area contributed by atoms with Crippen LogP contribution in [-0.2, 0) is 4.74 Å². The SMILES string of the molecule is CC1OCCC1NC1CCN(C(N)=O)CC1. The number of carbonyl (C=O) groups excluding carboxylic acids is 1. The fourth-order valence-electron chi connectivity index (χ4n) is 2.52. The smallest absolute Gasteiger partial charge is 0.314 e. The number of hydrogen-bond donors (Lipinski definition) is 2. The number of nitrogens with zero attached hydrogens (tertiary/aromatic N) is 1. The van der Waals surface area contributed by atoms with Gasteiger partial charge in [0, 0.05) is 31.8 Å². The highest BCUT2D eigenvalue weighted by molar-refractivity contribution is 5.72. The van der Waals surface area contributed by atoms with Crippen molar-refractivity contribution >= 4 is 6.03 Å². The molecular weight excluding hydrogens is 206 g/mol. The Morgan fingerprint density at radius 1 is 1.38 bits per heavy atom. The fourth-order valence-corrected chi connectivity index (χ4v) is 2.52. The number of nitrogens with one attached hydrogen (secondary N) is 1. The van der Waals surface area contributed by atoms with Crippen molar-refractivity contribution in [3.8, 4) is 0 Å². The third-order valence-corrected chi connectivity index (χ3v) is 3.63. The van der Waals surface area contributed by atoms with Gasteiger partial charge in [-0.1, -0.05) is 0 Å². The number of ether oxygens (including phenoxy) is 1. The van der Waals surface area contributed by atoms with Crippen molar-refractivity contribution in [3.63, 3.8) is 0 Å². The molecule has 3 N–H and O–H groups in total. The summed E-state index contributed by atoms with van der Waals surface area (Å²) in [5.41, 5.74) is 5.24. The van der Waals surface area contributed by atoms with Crippen LogP contribution in [0, 0.1) is 0 Å². The van der Waals surface area contributed by atoms with Crippen molar-refractivity contribution in [2.45, 2.75) is 44.4 Å². The van der Waals surface area contributed by atoms with Crippen molar-refractivity contribution in [1.82, 2.24) is 10.2 Å². The van der Waals surface area contributed by atoms with Gasteiger partial charge in [0.05, 0.1) is 6.10 Å². The molecule has 2 amide bonds. The molecule has 0 spiro atoms. The van der Waals surface area contributed by atoms with Crippen molar-refractivity contribution in [1.29, 1.82) is 0 Å². The zero-order valence-corrected chi connectivity index (χ0v) is 9.82. The zero-order chi connectivity index (χ0) is 11.5. The molecule has 92 valence electrons. The highest BCUT2D eigenvalue weighted by atomic mass is 16.5. The summed E-state index contributed by atoms with van der Waals surface area (Å²) >= 11 is 0. The van der Waals surface area contributed by atoms with E-state index in [9.17, 15) is 4.79 Å². The van der Waals surface area contributed by atoms with Crippen LogP contribution in [0.5, 0.6) is 0 Å². The number of piperidine rings is 1. The van der Waals surface area contributed by atoms with Gasteiger partial charge in [-0.05, 0) is 26.2 Å². The topological polar surface area (TPSA) is 67.6 Å². The number of likely N-dealkylation sites (tertiary alicyclic amines) is 1. The van der Waals surface area contributed by atoms with E-state index >= 15 is 0 Å². The van der Waals surface area contributed by atoms with Crippen LogP contribution in [0.3, 0.4) is 0 Å². The normalized spacial score (nSPS) is 31.9. The molecule has 0 aromatic heterocycles. The lowest BCUT2D eigenvalue weighted by Gasteiger charge is -2.33. The Morgan fingerprint density at radius 3 is 2.56 bits per heavy atom. The molecule has 5 heteroatoms. The third-order valence-electron chi connectivity index (χ3n) is 3.63. The summed E-state index contributed by atoms with van der Waals surface area (Å²) in [4.78, 5) is 12.7. The molecule has 0 aliphatic carbocycles. The van der Waals surface area contributed by atoms with E-state index in [1.54, 1.807) is 4.90 Å². The first-order valence-corrected chi connectivity index (χ1v) is 6.09. The van der Waals surface area contributed by atoms with E-state index in [1.165, 1.54) is 0 Å². The van der Waals surface area contributed by atoms with Gasteiger partial charge < -0.3 is 20.7 Å². The van der Waals surface area contributed by atoms with Crippen molar-refractivity contribution in [2.75, 3.05) is 19.7 Å². The van der Waals surface area contributed by atoms with Crippen LogP contribution in [-0.4, -0.2) is 48.8 Å². The minimum absolute atomic E-state index is 0.295. The molecule has 2 rings (SSSR count). The Morgan fingerprint density at radius 2 is 2.06 bits per heavy atom. The van der Waals surface area contributed by atoms with Crippen LogP contribution in [0.25, 0.3) is 0 Å². The van der Waals surface area contributed by atoms with Crippen molar-refractivity contribution < 1.29 is 9.53 Å². The Balaban J connectivity index is 1.74. The van der Waals surface area contributed by atoms with E-state index in [1.807, 2.05) is 0 Å². The van der Waals surface area contributed by atoms with Crippen LogP contribution in [0.2, 0.25) is 0 Å². The Kier molecular flexibility index (Phi) is 3.66. The summed E-state index contributed by atoms with van der Waals surface area (Å²) in [5, 5.41) is 3.62. The van der Waals surface area contributed by atoms with Gasteiger partial charge in [0.15, 0.2) is 0 Å². The van der Waals surface area contributed by atoms with E-state index in [2.05, 4.69) is 12.2 Å². The number of amides is 2. The van der Waals surface area contributed by atoms with Gasteiger partial charge >= 0.3 is 6.03 Å². The predicted molar refractivity (Wildman–Crippen MR) is 61.1 cm³/mol. The van der Waals surface area contributed by atoms with Gasteiger partial charge in [0.1, 0.15) is 0 Å². The molecule has 0 saturated carbocycles. The van der Waals surface area contributed by atoms with Gasteiger partial charge in [-0.25, -0.2) is 4.79 Å². The molecule has 2 fully saturated rings. The van der Waals surface area contributed by atoms with Crippen molar-refractivity contribution in [2.24, 2.45) is 5.73 Å². The number of nitrogens with two attached hydrogens (primary N) is 1. The first-order valence-electron chi connectivity index (χ1n) is 6.09. The first-order chi connectivity index (χ1) is 7.66. The van der Waals surface area contributed by atoms with Crippen LogP contribution < -0.4 is 11.1 Å². The Hall–Kier alpha value is -0.810. The average molecular weight is 227 g/mol. The molecule has 0 aromatic rings. The minimum atomic E-state index is -0.295. The number of carbonyl (C=O) groups is 1. The van der Waals surface area contributed by atoms with Crippen LogP contribution in [0.1, 0.15) is 26.2 Å². The molecule has 2 aliphatic heterocycles. The summed E-state index contributed by atoms with van der Waals surface area (Å²) in [6.07, 6.45) is 3.39. The number of urea groups is 1. The quantitative estimate of drug-likeness (QED) is 0.713. The molecule has 2 aliphatic rings. The number of primary amides is 1. The van der Waals surface area contributed by atoms with Gasteiger partial charge in [-0.2, -0.15) is 0 Å². The highest BCUT2D eigenvalue weighted by Gasteiger charge is 2.28. The second-order valence-electron chi connectivity index (χ2n) is 4.74. The molecule has 0 aromatic carbocycles. The van der Waals surface area contributed by atoms with E-state index < -0.39 is 0 Å². The third kappa shape index (κ3) is 2.65. The van der Waals surface area contributed by atoms with Gasteiger partial charge in [0.2, 0.25) is 0 Å². The Bertz CT molecular complexity index is 252. The summed E-state index contributed by atoms with van der Waals surface area (Å²) < 4.78 is 5.52. The fraction of sp³-hybridized carbons (Fsp3) is 0.909. The lowest BCUT2D eigenvalue weighted by molar-refractivity contribution is 0.107. The molecule has 0 bridgehead atoms. The van der Waals surface area contributed by atoms with E-state index in [4.69, 9.17) is 10.5 Å². The average Bonchev–Trinajstić information content (AvgIpc) is 2.65. The van der Waals surface area contributed by atoms with E-state index in [0.29, 0.717) is 18.2 Å². The van der Waals surface area contributed by atoms with Gasteiger partial charge in [0.25, 0.3) is 0 Å². The summed E-state index contributed by atoms with van der Waals surface area (Å²) in [7, 11) is 0. The van der Waals surface area contributed by atoms with Crippen molar-refractivity contribution in [3.05, 3.63) is 0 Å². The summed E-state index contributed by atoms with van der Waals surface area (Å²) in [6, 6.07) is 0.686. The van der Waals surface area contributed by atoms with Crippen LogP contribution in [0.15, 0.2) is 0 Å². The molecule has 2 heterocycles. The van der Waals surface area contributed by atoms with E-state index in [0.717, 1.165) is 39.0 Å². The van der Waals surface area contributed by atoms with Crippen LogP contribution in [0.4, 0.5) is 4.79 Å². The van der Waals surface area contributed by atoms with E-state index in [-0.39, 0.29) is 6.03 Å². The van der Waals surface area contributed by atoms with Gasteiger partial charge in [-0.15, -0.1) is 0 Å². The van der Waals surface area contributed by atoms with Crippen LogP contribution >= 0.6 is 0 Å². The molecule has 2 atom stereocenters. The maximum atomic E-state index is 11.0. The molecular formula is C11H21N3O2. The van der Waals surface area contributed by atoms with Gasteiger partial charge in [-0.3, -0.25) is 0 Å². The second-order valence-corrected chi connectivity index (χ2v) is 4.74. The molecule has 0 radical (unpaired) electrons. The first kappa shape index (κ1) is 11.7.